The summed E-state index contributed by atoms with van der Waals surface area (Å²) >= 11 is 1.35. The number of hydrogen-bond acceptors (Lipinski definition) is 6. The van der Waals surface area contributed by atoms with Gasteiger partial charge in [0.1, 0.15) is 17.2 Å². The zero-order chi connectivity index (χ0) is 21.0. The van der Waals surface area contributed by atoms with Crippen LogP contribution in [0.25, 0.3) is 0 Å². The van der Waals surface area contributed by atoms with Crippen LogP contribution in [0, 0.1) is 0 Å². The number of ether oxygens (including phenoxy) is 2. The molecule has 0 spiro atoms. The SMILES string of the molecule is CCCCN1C(=O)C2SC=CC2=[N+](CC(=O)Nc2cc(OC)cc(OC)c2)C1=O. The van der Waals surface area contributed by atoms with Crippen molar-refractivity contribution in [1.82, 2.24) is 4.90 Å². The molecular formula is C20H24N3O5S+. The summed E-state index contributed by atoms with van der Waals surface area (Å²) in [6.07, 6.45) is 3.31. The predicted molar refractivity (Wildman–Crippen MR) is 111 cm³/mol. The highest BCUT2D eigenvalue weighted by atomic mass is 32.2. The molecule has 0 fully saturated rings. The molecule has 2 heterocycles. The lowest BCUT2D eigenvalue weighted by molar-refractivity contribution is -0.425. The molecule has 2 aliphatic rings. The lowest BCUT2D eigenvalue weighted by Gasteiger charge is -2.24. The van der Waals surface area contributed by atoms with Gasteiger partial charge in [-0.15, -0.1) is 11.8 Å². The van der Waals surface area contributed by atoms with E-state index >= 15 is 0 Å². The summed E-state index contributed by atoms with van der Waals surface area (Å²) in [6.45, 7) is 2.16. The third kappa shape index (κ3) is 4.45. The van der Waals surface area contributed by atoms with Crippen LogP contribution in [0.5, 0.6) is 11.5 Å². The lowest BCUT2D eigenvalue weighted by Crippen LogP contribution is -2.56. The van der Waals surface area contributed by atoms with Gasteiger partial charge in [0.25, 0.3) is 5.91 Å². The maximum absolute atomic E-state index is 12.9. The van der Waals surface area contributed by atoms with Gasteiger partial charge >= 0.3 is 11.9 Å². The highest BCUT2D eigenvalue weighted by Crippen LogP contribution is 2.28. The third-order valence-corrected chi connectivity index (χ3v) is 5.67. The molecule has 154 valence electrons. The van der Waals surface area contributed by atoms with Gasteiger partial charge in [-0.1, -0.05) is 13.3 Å². The molecule has 1 unspecified atom stereocenters. The number of hydrogen-bond donors (Lipinski definition) is 1. The van der Waals surface area contributed by atoms with Crippen molar-refractivity contribution < 1.29 is 28.4 Å². The van der Waals surface area contributed by atoms with E-state index in [4.69, 9.17) is 9.47 Å². The number of carbonyl (C=O) groups excluding carboxylic acids is 3. The van der Waals surface area contributed by atoms with Crippen LogP contribution >= 0.6 is 11.8 Å². The molecule has 0 aromatic heterocycles. The van der Waals surface area contributed by atoms with Crippen molar-refractivity contribution in [2.75, 3.05) is 32.6 Å². The number of thioether (sulfide) groups is 1. The van der Waals surface area contributed by atoms with Crippen LogP contribution in [0.3, 0.4) is 0 Å². The molecule has 2 aliphatic heterocycles. The van der Waals surface area contributed by atoms with E-state index in [9.17, 15) is 14.4 Å². The number of urea groups is 1. The number of rotatable bonds is 8. The van der Waals surface area contributed by atoms with Crippen molar-refractivity contribution in [2.45, 2.75) is 25.0 Å². The molecule has 3 rings (SSSR count). The van der Waals surface area contributed by atoms with Crippen LogP contribution in [0.4, 0.5) is 10.5 Å². The number of allylic oxidation sites excluding steroid dienone is 1. The average molecular weight is 418 g/mol. The number of nitrogens with zero attached hydrogens (tertiary/aromatic N) is 2. The Morgan fingerprint density at radius 1 is 1.21 bits per heavy atom. The Morgan fingerprint density at radius 3 is 2.52 bits per heavy atom. The molecule has 1 atom stereocenters. The van der Waals surface area contributed by atoms with Gasteiger partial charge in [-0.2, -0.15) is 14.3 Å². The Morgan fingerprint density at radius 2 is 1.90 bits per heavy atom. The standard InChI is InChI=1S/C20H23N3O5S/c1-4-5-7-22-19(25)18-16(6-8-29-18)23(20(22)26)12-17(24)21-13-9-14(27-2)11-15(10-13)28-3/h6,8-11,18H,4-5,7,12H2,1-3H3/p+1. The van der Waals surface area contributed by atoms with E-state index in [0.717, 1.165) is 12.8 Å². The molecule has 0 saturated carbocycles. The number of unbranched alkanes of at least 4 members (excludes halogenated alkanes) is 1. The third-order valence-electron chi connectivity index (χ3n) is 4.66. The Labute approximate surface area is 173 Å². The normalized spacial score (nSPS) is 18.2. The first-order valence-electron chi connectivity index (χ1n) is 9.33. The monoisotopic (exact) mass is 418 g/mol. The highest BCUT2D eigenvalue weighted by molar-refractivity contribution is 8.04. The van der Waals surface area contributed by atoms with Crippen molar-refractivity contribution >= 4 is 41.0 Å². The van der Waals surface area contributed by atoms with Crippen LogP contribution in [0.2, 0.25) is 0 Å². The number of amides is 4. The number of fused-ring (bicyclic) bond motifs is 1. The second-order valence-corrected chi connectivity index (χ2v) is 7.62. The molecule has 4 amide bonds. The second kappa shape index (κ2) is 9.13. The van der Waals surface area contributed by atoms with E-state index < -0.39 is 11.3 Å². The van der Waals surface area contributed by atoms with Crippen LogP contribution in [-0.4, -0.2) is 65.6 Å². The van der Waals surface area contributed by atoms with E-state index in [1.54, 1.807) is 29.7 Å². The van der Waals surface area contributed by atoms with Crippen molar-refractivity contribution in [3.63, 3.8) is 0 Å². The summed E-state index contributed by atoms with van der Waals surface area (Å²) in [6, 6.07) is 4.57. The van der Waals surface area contributed by atoms with E-state index in [2.05, 4.69) is 5.32 Å². The summed E-state index contributed by atoms with van der Waals surface area (Å²) in [4.78, 5) is 39.5. The van der Waals surface area contributed by atoms with Gasteiger partial charge in [0.2, 0.25) is 0 Å². The quantitative estimate of drug-likeness (QED) is 0.653. The molecule has 1 aromatic carbocycles. The molecule has 9 heteroatoms. The van der Waals surface area contributed by atoms with Gasteiger partial charge < -0.3 is 14.8 Å². The predicted octanol–water partition coefficient (Wildman–Crippen LogP) is 2.49. The summed E-state index contributed by atoms with van der Waals surface area (Å²) in [5, 5.41) is 4.07. The van der Waals surface area contributed by atoms with Crippen molar-refractivity contribution in [3.05, 3.63) is 29.7 Å². The zero-order valence-electron chi connectivity index (χ0n) is 16.6. The molecule has 0 saturated heterocycles. The lowest BCUT2D eigenvalue weighted by atomic mass is 10.1. The fourth-order valence-electron chi connectivity index (χ4n) is 3.16. The Bertz CT molecular complexity index is 874. The van der Waals surface area contributed by atoms with Crippen molar-refractivity contribution in [2.24, 2.45) is 0 Å². The number of anilines is 1. The molecule has 1 N–H and O–H groups in total. The molecule has 29 heavy (non-hydrogen) atoms. The fourth-order valence-corrected chi connectivity index (χ4v) is 4.12. The van der Waals surface area contributed by atoms with Gasteiger partial charge in [0.15, 0.2) is 11.8 Å². The minimum absolute atomic E-state index is 0.189. The Hall–Kier alpha value is -2.81. The van der Waals surface area contributed by atoms with Crippen LogP contribution in [-0.2, 0) is 9.59 Å². The molecule has 8 nitrogen and oxygen atoms in total. The fraction of sp³-hybridized carbons (Fsp3) is 0.400. The van der Waals surface area contributed by atoms with Crippen LogP contribution < -0.4 is 14.8 Å². The van der Waals surface area contributed by atoms with Gasteiger partial charge in [-0.05, 0) is 17.9 Å². The van der Waals surface area contributed by atoms with E-state index in [1.165, 1.54) is 35.5 Å². The molecular weight excluding hydrogens is 394 g/mol. The summed E-state index contributed by atoms with van der Waals surface area (Å²) in [5.74, 6) is 0.474. The summed E-state index contributed by atoms with van der Waals surface area (Å²) in [7, 11) is 3.05. The summed E-state index contributed by atoms with van der Waals surface area (Å²) < 4.78 is 11.8. The molecule has 0 bridgehead atoms. The Balaban J connectivity index is 1.81. The maximum Gasteiger partial charge on any atom is 0.501 e. The van der Waals surface area contributed by atoms with Crippen LogP contribution in [0.15, 0.2) is 29.7 Å². The van der Waals surface area contributed by atoms with Gasteiger partial charge in [0.05, 0.1) is 20.8 Å². The van der Waals surface area contributed by atoms with Crippen LogP contribution in [0.1, 0.15) is 19.8 Å². The van der Waals surface area contributed by atoms with Gasteiger partial charge in [0, 0.05) is 23.9 Å². The number of nitrogens with one attached hydrogen (secondary N) is 1. The smallest absolute Gasteiger partial charge is 0.497 e. The van der Waals surface area contributed by atoms with Crippen molar-refractivity contribution in [3.8, 4) is 11.5 Å². The topological polar surface area (TPSA) is 88.0 Å². The van der Waals surface area contributed by atoms with Gasteiger partial charge in [-0.3, -0.25) is 4.79 Å². The van der Waals surface area contributed by atoms with E-state index in [0.29, 0.717) is 29.4 Å². The van der Waals surface area contributed by atoms with Crippen molar-refractivity contribution in [1.29, 1.82) is 0 Å². The second-order valence-electron chi connectivity index (χ2n) is 6.61. The number of methoxy groups -OCH3 is 2. The highest BCUT2D eigenvalue weighted by Gasteiger charge is 2.49. The zero-order valence-corrected chi connectivity index (χ0v) is 17.5. The average Bonchev–Trinajstić information content (AvgIpc) is 3.20. The first-order valence-corrected chi connectivity index (χ1v) is 10.3. The molecule has 1 aromatic rings. The van der Waals surface area contributed by atoms with E-state index in [1.807, 2.05) is 6.92 Å². The minimum atomic E-state index is -0.478. The first-order chi connectivity index (χ1) is 14.0. The largest absolute Gasteiger partial charge is 0.501 e. The number of imide groups is 1. The first kappa shape index (κ1) is 20.9. The molecule has 0 aliphatic carbocycles. The molecule has 0 radical (unpaired) electrons. The van der Waals surface area contributed by atoms with E-state index in [-0.39, 0.29) is 18.4 Å². The minimum Gasteiger partial charge on any atom is -0.497 e. The number of benzene rings is 1. The number of carbonyl (C=O) groups is 3. The Kier molecular flexibility index (Phi) is 6.58. The van der Waals surface area contributed by atoms with Gasteiger partial charge in [-0.25, -0.2) is 4.79 Å². The summed E-state index contributed by atoms with van der Waals surface area (Å²) in [5.41, 5.74) is 1.04. The maximum atomic E-state index is 12.9.